The lowest BCUT2D eigenvalue weighted by molar-refractivity contribution is 0.277. The van der Waals surface area contributed by atoms with Crippen LogP contribution in [0.1, 0.15) is 67.2 Å². The van der Waals surface area contributed by atoms with Crippen molar-refractivity contribution < 1.29 is 0 Å². The lowest BCUT2D eigenvalue weighted by Crippen LogP contribution is -2.12. The molecule has 0 aliphatic heterocycles. The fourth-order valence-corrected chi connectivity index (χ4v) is 1.50. The highest BCUT2D eigenvalue weighted by molar-refractivity contribution is 4.67. The first-order chi connectivity index (χ1) is 5.80. The molecular formula is C12H28. The summed E-state index contributed by atoms with van der Waals surface area (Å²) in [5.41, 5.74) is 0. The summed E-state index contributed by atoms with van der Waals surface area (Å²) < 4.78 is 0. The topological polar surface area (TPSA) is 0 Å². The van der Waals surface area contributed by atoms with Crippen molar-refractivity contribution in [3.8, 4) is 0 Å². The van der Waals surface area contributed by atoms with Gasteiger partial charge in [0.1, 0.15) is 0 Å². The van der Waals surface area contributed by atoms with Crippen LogP contribution in [-0.4, -0.2) is 0 Å². The molecule has 2 unspecified atom stereocenters. The quantitative estimate of drug-likeness (QED) is 0.488. The summed E-state index contributed by atoms with van der Waals surface area (Å²) in [4.78, 5) is 0. The molecule has 0 amide bonds. The molecular weight excluding hydrogens is 144 g/mol. The van der Waals surface area contributed by atoms with Gasteiger partial charge in [0.2, 0.25) is 0 Å². The summed E-state index contributed by atoms with van der Waals surface area (Å²) in [6, 6.07) is 0. The Labute approximate surface area is 79.8 Å². The van der Waals surface area contributed by atoms with Crippen LogP contribution in [0.3, 0.4) is 0 Å². The van der Waals surface area contributed by atoms with E-state index in [0.717, 1.165) is 11.8 Å². The second-order valence-electron chi connectivity index (χ2n) is 3.24. The Hall–Kier alpha value is 0. The van der Waals surface area contributed by atoms with Crippen molar-refractivity contribution >= 4 is 0 Å². The third kappa shape index (κ3) is 6.69. The second kappa shape index (κ2) is 11.0. The van der Waals surface area contributed by atoms with Crippen molar-refractivity contribution in [2.75, 3.05) is 0 Å². The van der Waals surface area contributed by atoms with E-state index in [9.17, 15) is 0 Å². The van der Waals surface area contributed by atoms with Gasteiger partial charge in [0, 0.05) is 0 Å². The van der Waals surface area contributed by atoms with Gasteiger partial charge in [0.25, 0.3) is 0 Å². The maximum absolute atomic E-state index is 2.38. The molecule has 0 nitrogen and oxygen atoms in total. The van der Waals surface area contributed by atoms with Gasteiger partial charge in [-0.1, -0.05) is 67.2 Å². The van der Waals surface area contributed by atoms with Gasteiger partial charge in [-0.05, 0) is 11.8 Å². The van der Waals surface area contributed by atoms with E-state index in [0.29, 0.717) is 0 Å². The van der Waals surface area contributed by atoms with Gasteiger partial charge >= 0.3 is 0 Å². The van der Waals surface area contributed by atoms with Crippen LogP contribution in [0.15, 0.2) is 0 Å². The van der Waals surface area contributed by atoms with Crippen LogP contribution < -0.4 is 0 Å². The third-order valence-electron chi connectivity index (χ3n) is 2.54. The van der Waals surface area contributed by atoms with E-state index in [2.05, 4.69) is 13.8 Å². The fraction of sp³-hybridized carbons (Fsp3) is 1.00. The predicted molar refractivity (Wildman–Crippen MR) is 59.5 cm³/mol. The van der Waals surface area contributed by atoms with Crippen LogP contribution in [-0.2, 0) is 0 Å². The van der Waals surface area contributed by atoms with Gasteiger partial charge < -0.3 is 0 Å². The van der Waals surface area contributed by atoms with Gasteiger partial charge in [0.05, 0.1) is 0 Å². The standard InChI is InChI=1S/C8H16.2C2H6/c1-7-5-3-4-6-8(7)2;2*1-2/h7-8H,3-6H2,1-2H3;2*1-2H3. The Morgan fingerprint density at radius 3 is 1.08 bits per heavy atom. The Balaban J connectivity index is 0. The van der Waals surface area contributed by atoms with E-state index < -0.39 is 0 Å². The van der Waals surface area contributed by atoms with Crippen LogP contribution in [0.2, 0.25) is 0 Å². The van der Waals surface area contributed by atoms with E-state index in [4.69, 9.17) is 0 Å². The molecule has 1 aliphatic carbocycles. The molecule has 12 heavy (non-hydrogen) atoms. The number of hydrogen-bond acceptors (Lipinski definition) is 0. The van der Waals surface area contributed by atoms with Crippen LogP contribution in [0, 0.1) is 11.8 Å². The van der Waals surface area contributed by atoms with Gasteiger partial charge in [-0.15, -0.1) is 0 Å². The van der Waals surface area contributed by atoms with Crippen molar-refractivity contribution in [3.63, 3.8) is 0 Å². The molecule has 0 heteroatoms. The summed E-state index contributed by atoms with van der Waals surface area (Å²) >= 11 is 0. The summed E-state index contributed by atoms with van der Waals surface area (Å²) in [6.45, 7) is 12.8. The van der Waals surface area contributed by atoms with Crippen molar-refractivity contribution in [2.45, 2.75) is 67.2 Å². The van der Waals surface area contributed by atoms with Gasteiger partial charge in [-0.2, -0.15) is 0 Å². The molecule has 1 rings (SSSR count). The lowest BCUT2D eigenvalue weighted by Gasteiger charge is -2.24. The highest BCUT2D eigenvalue weighted by Gasteiger charge is 2.15. The lowest BCUT2D eigenvalue weighted by atomic mass is 9.82. The minimum atomic E-state index is 1.00. The molecule has 1 fully saturated rings. The first-order valence-corrected chi connectivity index (χ1v) is 5.80. The zero-order valence-corrected chi connectivity index (χ0v) is 9.98. The van der Waals surface area contributed by atoms with Gasteiger partial charge in [-0.25, -0.2) is 0 Å². The highest BCUT2D eigenvalue weighted by atomic mass is 14.2. The molecule has 76 valence electrons. The molecule has 0 N–H and O–H groups in total. The van der Waals surface area contributed by atoms with Gasteiger partial charge in [-0.3, -0.25) is 0 Å². The van der Waals surface area contributed by atoms with E-state index in [1.165, 1.54) is 25.7 Å². The minimum Gasteiger partial charge on any atom is -0.0683 e. The van der Waals surface area contributed by atoms with Crippen molar-refractivity contribution in [1.82, 2.24) is 0 Å². The molecule has 0 aromatic rings. The Morgan fingerprint density at radius 1 is 0.667 bits per heavy atom. The predicted octanol–water partition coefficient (Wildman–Crippen LogP) is 4.89. The summed E-state index contributed by atoms with van der Waals surface area (Å²) in [6.07, 6.45) is 5.90. The Kier molecular flexibility index (Phi) is 13.3. The molecule has 2 atom stereocenters. The SMILES string of the molecule is CC.CC.CC1CCCCC1C. The van der Waals surface area contributed by atoms with Crippen LogP contribution >= 0.6 is 0 Å². The third-order valence-corrected chi connectivity index (χ3v) is 2.54. The highest BCUT2D eigenvalue weighted by Crippen LogP contribution is 2.28. The molecule has 0 aromatic heterocycles. The molecule has 0 bridgehead atoms. The zero-order valence-electron chi connectivity index (χ0n) is 9.98. The van der Waals surface area contributed by atoms with Crippen molar-refractivity contribution in [2.24, 2.45) is 11.8 Å². The van der Waals surface area contributed by atoms with Crippen LogP contribution in [0.5, 0.6) is 0 Å². The van der Waals surface area contributed by atoms with Crippen LogP contribution in [0.4, 0.5) is 0 Å². The molecule has 0 heterocycles. The normalized spacial score (nSPS) is 27.5. The van der Waals surface area contributed by atoms with E-state index in [-0.39, 0.29) is 0 Å². The van der Waals surface area contributed by atoms with Crippen molar-refractivity contribution in [1.29, 1.82) is 0 Å². The number of rotatable bonds is 0. The Bertz CT molecular complexity index is 56.4. The molecule has 1 aliphatic rings. The molecule has 0 radical (unpaired) electrons. The van der Waals surface area contributed by atoms with E-state index in [1.54, 1.807) is 0 Å². The van der Waals surface area contributed by atoms with E-state index >= 15 is 0 Å². The maximum atomic E-state index is 2.38. The summed E-state index contributed by atoms with van der Waals surface area (Å²) in [7, 11) is 0. The van der Waals surface area contributed by atoms with Gasteiger partial charge in [0.15, 0.2) is 0 Å². The van der Waals surface area contributed by atoms with Crippen molar-refractivity contribution in [3.05, 3.63) is 0 Å². The fourth-order valence-electron chi connectivity index (χ4n) is 1.50. The van der Waals surface area contributed by atoms with Crippen LogP contribution in [0.25, 0.3) is 0 Å². The monoisotopic (exact) mass is 172 g/mol. The largest absolute Gasteiger partial charge is 0.0683 e. The Morgan fingerprint density at radius 2 is 0.917 bits per heavy atom. The first-order valence-electron chi connectivity index (χ1n) is 5.80. The summed E-state index contributed by atoms with van der Waals surface area (Å²) in [5, 5.41) is 0. The maximum Gasteiger partial charge on any atom is -0.0417 e. The number of hydrogen-bond donors (Lipinski definition) is 0. The molecule has 1 saturated carbocycles. The average Bonchev–Trinajstić information content (AvgIpc) is 2.17. The minimum absolute atomic E-state index is 1.00. The smallest absolute Gasteiger partial charge is 0.0417 e. The summed E-state index contributed by atoms with van der Waals surface area (Å²) in [5.74, 6) is 2.01. The molecule has 0 saturated heterocycles. The zero-order chi connectivity index (χ0) is 9.98. The first kappa shape index (κ1) is 14.5. The molecule has 0 spiro atoms. The second-order valence-corrected chi connectivity index (χ2v) is 3.24. The molecule has 0 aromatic carbocycles. The average molecular weight is 172 g/mol. The van der Waals surface area contributed by atoms with E-state index in [1.807, 2.05) is 27.7 Å².